The molecule has 1 aliphatic heterocycles. The van der Waals surface area contributed by atoms with Crippen LogP contribution in [0.3, 0.4) is 0 Å². The zero-order valence-corrected chi connectivity index (χ0v) is 18.2. The lowest BCUT2D eigenvalue weighted by atomic mass is 10.1. The molecule has 1 saturated heterocycles. The first-order chi connectivity index (χ1) is 15.1. The molecular weight excluding hydrogens is 394 g/mol. The number of nitrogens with zero attached hydrogens (tertiary/aromatic N) is 3. The zero-order valence-electron chi connectivity index (χ0n) is 18.2. The van der Waals surface area contributed by atoms with Crippen LogP contribution in [0.25, 0.3) is 0 Å². The minimum atomic E-state index is -0.642. The summed E-state index contributed by atoms with van der Waals surface area (Å²) < 4.78 is 5.12. The van der Waals surface area contributed by atoms with Crippen LogP contribution in [0, 0.1) is 0 Å². The first-order valence-electron chi connectivity index (χ1n) is 10.7. The molecule has 0 bridgehead atoms. The van der Waals surface area contributed by atoms with Crippen LogP contribution in [0.5, 0.6) is 5.75 Å². The van der Waals surface area contributed by atoms with Crippen LogP contribution in [0.4, 0.5) is 0 Å². The first kappa shape index (κ1) is 22.7. The number of benzene rings is 1. The quantitative estimate of drug-likeness (QED) is 0.618. The predicted octanol–water partition coefficient (Wildman–Crippen LogP) is 1.20. The number of hydrogen-bond acceptors (Lipinski definition) is 6. The Hall–Kier alpha value is -2.97. The van der Waals surface area contributed by atoms with Gasteiger partial charge in [0.25, 0.3) is 0 Å². The Morgan fingerprint density at radius 1 is 1.06 bits per heavy atom. The number of aromatic nitrogens is 1. The summed E-state index contributed by atoms with van der Waals surface area (Å²) >= 11 is 0. The van der Waals surface area contributed by atoms with Crippen LogP contribution in [-0.2, 0) is 16.1 Å². The molecular formula is C23H31N5O3. The number of ether oxygens (including phenoxy) is 1. The molecule has 1 aromatic heterocycles. The van der Waals surface area contributed by atoms with Gasteiger partial charge in [-0.1, -0.05) is 25.1 Å². The van der Waals surface area contributed by atoms with Gasteiger partial charge in [0, 0.05) is 51.7 Å². The molecule has 8 nitrogen and oxygen atoms in total. The number of methoxy groups -OCH3 is 1. The summed E-state index contributed by atoms with van der Waals surface area (Å²) in [5, 5.41) is 5.47. The van der Waals surface area contributed by atoms with E-state index in [1.165, 1.54) is 0 Å². The van der Waals surface area contributed by atoms with Gasteiger partial charge in [-0.05, 0) is 35.9 Å². The summed E-state index contributed by atoms with van der Waals surface area (Å²) in [7, 11) is 1.60. The fourth-order valence-corrected chi connectivity index (χ4v) is 3.70. The van der Waals surface area contributed by atoms with Gasteiger partial charge in [-0.3, -0.25) is 19.5 Å². The average molecular weight is 426 g/mol. The van der Waals surface area contributed by atoms with E-state index in [0.29, 0.717) is 6.54 Å². The smallest absolute Gasteiger partial charge is 0.309 e. The van der Waals surface area contributed by atoms with Crippen molar-refractivity contribution < 1.29 is 14.3 Å². The molecule has 8 heteroatoms. The Kier molecular flexibility index (Phi) is 8.37. The number of piperazine rings is 1. The second-order valence-corrected chi connectivity index (χ2v) is 7.51. The average Bonchev–Trinajstić information content (AvgIpc) is 2.83. The highest BCUT2D eigenvalue weighted by Crippen LogP contribution is 2.21. The van der Waals surface area contributed by atoms with Gasteiger partial charge in [0.15, 0.2) is 0 Å². The van der Waals surface area contributed by atoms with Gasteiger partial charge in [0.2, 0.25) is 0 Å². The van der Waals surface area contributed by atoms with Crippen molar-refractivity contribution >= 4 is 11.8 Å². The lowest BCUT2D eigenvalue weighted by Crippen LogP contribution is -2.50. The van der Waals surface area contributed by atoms with Crippen molar-refractivity contribution in [2.45, 2.75) is 19.5 Å². The Morgan fingerprint density at radius 2 is 1.77 bits per heavy atom. The van der Waals surface area contributed by atoms with Gasteiger partial charge in [0.1, 0.15) is 5.75 Å². The lowest BCUT2D eigenvalue weighted by molar-refractivity contribution is -0.139. The van der Waals surface area contributed by atoms with E-state index in [9.17, 15) is 9.59 Å². The summed E-state index contributed by atoms with van der Waals surface area (Å²) in [6, 6.07) is 11.2. The highest BCUT2D eigenvalue weighted by molar-refractivity contribution is 6.35. The summed E-state index contributed by atoms with van der Waals surface area (Å²) in [6.45, 7) is 7.64. The van der Waals surface area contributed by atoms with Crippen molar-refractivity contribution in [3.05, 3.63) is 59.9 Å². The SMILES string of the molecule is CCN1CCN([C@@H](CNC(=O)C(=O)NCc2ccc(OC)cc2)c2cccnc2)CC1. The minimum absolute atomic E-state index is 0.0222. The van der Waals surface area contributed by atoms with E-state index in [4.69, 9.17) is 4.74 Å². The molecule has 0 aliphatic carbocycles. The van der Waals surface area contributed by atoms with E-state index in [0.717, 1.165) is 49.6 Å². The van der Waals surface area contributed by atoms with Gasteiger partial charge >= 0.3 is 11.8 Å². The van der Waals surface area contributed by atoms with Crippen LogP contribution in [0.1, 0.15) is 24.1 Å². The van der Waals surface area contributed by atoms with E-state index in [2.05, 4.69) is 32.3 Å². The number of nitrogens with one attached hydrogen (secondary N) is 2. The largest absolute Gasteiger partial charge is 0.497 e. The third kappa shape index (κ3) is 6.50. The topological polar surface area (TPSA) is 86.8 Å². The molecule has 166 valence electrons. The zero-order chi connectivity index (χ0) is 22.1. The van der Waals surface area contributed by atoms with Gasteiger partial charge in [-0.2, -0.15) is 0 Å². The number of amides is 2. The van der Waals surface area contributed by atoms with Crippen LogP contribution in [0.2, 0.25) is 0 Å². The van der Waals surface area contributed by atoms with Crippen molar-refractivity contribution in [3.8, 4) is 5.75 Å². The Balaban J connectivity index is 1.54. The van der Waals surface area contributed by atoms with Crippen molar-refractivity contribution in [3.63, 3.8) is 0 Å². The van der Waals surface area contributed by atoms with Crippen LogP contribution in [-0.4, -0.2) is 73.0 Å². The molecule has 0 saturated carbocycles. The standard InChI is InChI=1S/C23H31N5O3/c1-3-27-11-13-28(14-12-27)21(19-5-4-10-24-16-19)17-26-23(30)22(29)25-15-18-6-8-20(31-2)9-7-18/h4-10,16,21H,3,11-15,17H2,1-2H3,(H,25,29)(H,26,30)/t21-/m0/s1. The first-order valence-corrected chi connectivity index (χ1v) is 10.7. The van der Waals surface area contributed by atoms with Crippen LogP contribution < -0.4 is 15.4 Å². The summed E-state index contributed by atoms with van der Waals surface area (Å²) in [6.07, 6.45) is 3.56. The molecule has 1 aliphatic rings. The molecule has 3 rings (SSSR count). The molecule has 0 radical (unpaired) electrons. The second kappa shape index (κ2) is 11.4. The molecule has 31 heavy (non-hydrogen) atoms. The maximum absolute atomic E-state index is 12.4. The molecule has 2 heterocycles. The van der Waals surface area contributed by atoms with Crippen LogP contribution >= 0.6 is 0 Å². The minimum Gasteiger partial charge on any atom is -0.497 e. The monoisotopic (exact) mass is 425 g/mol. The molecule has 0 spiro atoms. The van der Waals surface area contributed by atoms with Gasteiger partial charge in [0.05, 0.1) is 13.2 Å². The van der Waals surface area contributed by atoms with E-state index >= 15 is 0 Å². The van der Waals surface area contributed by atoms with Gasteiger partial charge in [-0.15, -0.1) is 0 Å². The predicted molar refractivity (Wildman–Crippen MR) is 119 cm³/mol. The highest BCUT2D eigenvalue weighted by atomic mass is 16.5. The highest BCUT2D eigenvalue weighted by Gasteiger charge is 2.26. The van der Waals surface area contributed by atoms with E-state index in [-0.39, 0.29) is 12.6 Å². The van der Waals surface area contributed by atoms with Crippen molar-refractivity contribution in [2.75, 3.05) is 46.4 Å². The maximum atomic E-state index is 12.4. The summed E-state index contributed by atoms with van der Waals surface area (Å²) in [5.41, 5.74) is 1.93. The van der Waals surface area contributed by atoms with E-state index in [1.54, 1.807) is 13.3 Å². The molecule has 1 fully saturated rings. The van der Waals surface area contributed by atoms with Gasteiger partial charge in [-0.25, -0.2) is 0 Å². The molecule has 1 atom stereocenters. The third-order valence-electron chi connectivity index (χ3n) is 5.64. The number of rotatable bonds is 8. The molecule has 2 N–H and O–H groups in total. The number of hydrogen-bond donors (Lipinski definition) is 2. The fourth-order valence-electron chi connectivity index (χ4n) is 3.70. The van der Waals surface area contributed by atoms with Crippen molar-refractivity contribution in [1.29, 1.82) is 0 Å². The van der Waals surface area contributed by atoms with E-state index in [1.807, 2.05) is 42.6 Å². The summed E-state index contributed by atoms with van der Waals surface area (Å²) in [4.78, 5) is 33.6. The number of likely N-dealkylation sites (N-methyl/N-ethyl adjacent to an activating group) is 1. The third-order valence-corrected chi connectivity index (χ3v) is 5.64. The Bertz CT molecular complexity index is 836. The Labute approximate surface area is 183 Å². The molecule has 2 aromatic rings. The van der Waals surface area contributed by atoms with Crippen molar-refractivity contribution in [1.82, 2.24) is 25.4 Å². The number of carbonyl (C=O) groups is 2. The molecule has 0 unspecified atom stereocenters. The van der Waals surface area contributed by atoms with E-state index < -0.39 is 11.8 Å². The summed E-state index contributed by atoms with van der Waals surface area (Å²) in [5.74, 6) is -0.528. The van der Waals surface area contributed by atoms with Gasteiger partial charge < -0.3 is 20.3 Å². The fraction of sp³-hybridized carbons (Fsp3) is 0.435. The lowest BCUT2D eigenvalue weighted by Gasteiger charge is -2.39. The van der Waals surface area contributed by atoms with Crippen LogP contribution in [0.15, 0.2) is 48.8 Å². The number of pyridine rings is 1. The van der Waals surface area contributed by atoms with Crippen molar-refractivity contribution in [2.24, 2.45) is 0 Å². The number of carbonyl (C=O) groups excluding carboxylic acids is 2. The Morgan fingerprint density at radius 3 is 2.39 bits per heavy atom. The molecule has 1 aromatic carbocycles. The second-order valence-electron chi connectivity index (χ2n) is 7.51. The maximum Gasteiger partial charge on any atom is 0.309 e. The molecule has 2 amide bonds. The normalized spacial score (nSPS) is 15.8.